The first-order chi connectivity index (χ1) is 9.61. The Labute approximate surface area is 116 Å². The van der Waals surface area contributed by atoms with Gasteiger partial charge in [-0.25, -0.2) is 4.79 Å². The van der Waals surface area contributed by atoms with Crippen LogP contribution in [0.1, 0.15) is 15.9 Å². The molecule has 0 aliphatic heterocycles. The molecule has 102 valence electrons. The fourth-order valence-corrected chi connectivity index (χ4v) is 2.02. The monoisotopic (exact) mass is 270 g/mol. The van der Waals surface area contributed by atoms with Crippen LogP contribution in [0.2, 0.25) is 0 Å². The molecule has 0 heterocycles. The Morgan fingerprint density at radius 1 is 1.05 bits per heavy atom. The molecule has 0 radical (unpaired) electrons. The summed E-state index contributed by atoms with van der Waals surface area (Å²) < 4.78 is 4.64. The van der Waals surface area contributed by atoms with Crippen LogP contribution in [0.4, 0.5) is 0 Å². The minimum atomic E-state index is -0.872. The Balaban J connectivity index is 2.36. The normalized spacial score (nSPS) is 10.1. The number of carbonyl (C=O) groups excluding carboxylic acids is 1. The summed E-state index contributed by atoms with van der Waals surface area (Å²) in [6.45, 7) is 0. The zero-order chi connectivity index (χ0) is 14.5. The van der Waals surface area contributed by atoms with E-state index in [9.17, 15) is 9.59 Å². The largest absolute Gasteiger partial charge is 0.481 e. The van der Waals surface area contributed by atoms with Gasteiger partial charge in [0.1, 0.15) is 0 Å². The molecule has 0 saturated heterocycles. The average Bonchev–Trinajstić information content (AvgIpc) is 2.46. The third kappa shape index (κ3) is 3.03. The van der Waals surface area contributed by atoms with Crippen molar-refractivity contribution < 1.29 is 19.4 Å². The summed E-state index contributed by atoms with van der Waals surface area (Å²) >= 11 is 0. The van der Waals surface area contributed by atoms with Crippen molar-refractivity contribution in [3.8, 4) is 11.1 Å². The second-order valence-electron chi connectivity index (χ2n) is 4.30. The molecule has 0 aliphatic rings. The average molecular weight is 270 g/mol. The van der Waals surface area contributed by atoms with Crippen LogP contribution in [0.15, 0.2) is 48.5 Å². The Kier molecular flexibility index (Phi) is 4.15. The second-order valence-corrected chi connectivity index (χ2v) is 4.30. The van der Waals surface area contributed by atoms with Crippen LogP contribution < -0.4 is 0 Å². The van der Waals surface area contributed by atoms with E-state index in [0.29, 0.717) is 5.56 Å². The van der Waals surface area contributed by atoms with Crippen LogP contribution in [0, 0.1) is 0 Å². The maximum atomic E-state index is 11.4. The number of rotatable bonds is 4. The van der Waals surface area contributed by atoms with Gasteiger partial charge in [0, 0.05) is 0 Å². The molecule has 4 nitrogen and oxygen atoms in total. The molecule has 2 rings (SSSR count). The van der Waals surface area contributed by atoms with Gasteiger partial charge in [-0.3, -0.25) is 4.79 Å². The van der Waals surface area contributed by atoms with E-state index < -0.39 is 11.9 Å². The van der Waals surface area contributed by atoms with Crippen LogP contribution in [0.5, 0.6) is 0 Å². The van der Waals surface area contributed by atoms with E-state index in [4.69, 9.17) is 5.11 Å². The lowest BCUT2D eigenvalue weighted by Gasteiger charge is -2.08. The van der Waals surface area contributed by atoms with Gasteiger partial charge in [0.25, 0.3) is 0 Å². The fraction of sp³-hybridized carbons (Fsp3) is 0.125. The van der Waals surface area contributed by atoms with E-state index in [2.05, 4.69) is 4.74 Å². The fourth-order valence-electron chi connectivity index (χ4n) is 2.02. The number of hydrogen-bond acceptors (Lipinski definition) is 3. The molecule has 0 unspecified atom stereocenters. The molecule has 1 N–H and O–H groups in total. The minimum Gasteiger partial charge on any atom is -0.481 e. The summed E-state index contributed by atoms with van der Waals surface area (Å²) in [5.74, 6) is -1.26. The maximum Gasteiger partial charge on any atom is 0.337 e. The first-order valence-corrected chi connectivity index (χ1v) is 6.10. The highest BCUT2D eigenvalue weighted by Crippen LogP contribution is 2.24. The SMILES string of the molecule is COC(=O)c1ccc(-c2ccccc2CC(=O)O)cc1. The van der Waals surface area contributed by atoms with E-state index in [1.165, 1.54) is 7.11 Å². The third-order valence-corrected chi connectivity index (χ3v) is 2.98. The van der Waals surface area contributed by atoms with Gasteiger partial charge in [0.2, 0.25) is 0 Å². The first kappa shape index (κ1) is 13.8. The molecule has 4 heteroatoms. The smallest absolute Gasteiger partial charge is 0.337 e. The predicted octanol–water partition coefficient (Wildman–Crippen LogP) is 2.77. The molecule has 2 aromatic carbocycles. The number of carbonyl (C=O) groups is 2. The second kappa shape index (κ2) is 6.02. The van der Waals surface area contributed by atoms with Gasteiger partial charge in [-0.15, -0.1) is 0 Å². The quantitative estimate of drug-likeness (QED) is 0.868. The van der Waals surface area contributed by atoms with Crippen LogP contribution in [-0.2, 0) is 16.0 Å². The van der Waals surface area contributed by atoms with E-state index in [-0.39, 0.29) is 6.42 Å². The lowest BCUT2D eigenvalue weighted by atomic mass is 9.97. The van der Waals surface area contributed by atoms with Gasteiger partial charge in [0.15, 0.2) is 0 Å². The summed E-state index contributed by atoms with van der Waals surface area (Å²) in [5.41, 5.74) is 2.93. The van der Waals surface area contributed by atoms with Gasteiger partial charge in [-0.2, -0.15) is 0 Å². The minimum absolute atomic E-state index is 0.0328. The van der Waals surface area contributed by atoms with Gasteiger partial charge in [0.05, 0.1) is 19.1 Å². The summed E-state index contributed by atoms with van der Waals surface area (Å²) in [5, 5.41) is 8.93. The lowest BCUT2D eigenvalue weighted by molar-refractivity contribution is -0.136. The van der Waals surface area contributed by atoms with E-state index in [0.717, 1.165) is 16.7 Å². The molecule has 0 saturated carbocycles. The van der Waals surface area contributed by atoms with Crippen LogP contribution in [0.25, 0.3) is 11.1 Å². The zero-order valence-electron chi connectivity index (χ0n) is 11.0. The summed E-state index contributed by atoms with van der Waals surface area (Å²) in [7, 11) is 1.33. The molecular weight excluding hydrogens is 256 g/mol. The number of methoxy groups -OCH3 is 1. The highest BCUT2D eigenvalue weighted by atomic mass is 16.5. The number of ether oxygens (including phenoxy) is 1. The Bertz CT molecular complexity index is 629. The topological polar surface area (TPSA) is 63.6 Å². The highest BCUT2D eigenvalue weighted by Gasteiger charge is 2.09. The Morgan fingerprint density at radius 2 is 1.70 bits per heavy atom. The predicted molar refractivity (Wildman–Crippen MR) is 74.6 cm³/mol. The van der Waals surface area contributed by atoms with Crippen molar-refractivity contribution in [1.82, 2.24) is 0 Å². The third-order valence-electron chi connectivity index (χ3n) is 2.98. The van der Waals surface area contributed by atoms with Crippen molar-refractivity contribution in [2.75, 3.05) is 7.11 Å². The van der Waals surface area contributed by atoms with Crippen molar-refractivity contribution >= 4 is 11.9 Å². The molecule has 0 atom stereocenters. The number of aliphatic carboxylic acids is 1. The Morgan fingerprint density at radius 3 is 2.30 bits per heavy atom. The highest BCUT2D eigenvalue weighted by molar-refractivity contribution is 5.90. The zero-order valence-corrected chi connectivity index (χ0v) is 11.0. The van der Waals surface area contributed by atoms with Crippen LogP contribution >= 0.6 is 0 Å². The number of esters is 1. The molecule has 0 bridgehead atoms. The van der Waals surface area contributed by atoms with Crippen LogP contribution in [0.3, 0.4) is 0 Å². The number of carboxylic acid groups (broad SMARTS) is 1. The lowest BCUT2D eigenvalue weighted by Crippen LogP contribution is -2.02. The van der Waals surface area contributed by atoms with Gasteiger partial charge >= 0.3 is 11.9 Å². The van der Waals surface area contributed by atoms with E-state index in [1.54, 1.807) is 30.3 Å². The molecule has 2 aromatic rings. The van der Waals surface area contributed by atoms with Gasteiger partial charge in [-0.05, 0) is 28.8 Å². The van der Waals surface area contributed by atoms with Gasteiger partial charge in [-0.1, -0.05) is 36.4 Å². The summed E-state index contributed by atoms with van der Waals surface area (Å²) in [6, 6.07) is 14.2. The van der Waals surface area contributed by atoms with E-state index >= 15 is 0 Å². The molecule has 0 aromatic heterocycles. The summed E-state index contributed by atoms with van der Waals surface area (Å²) in [4.78, 5) is 22.2. The van der Waals surface area contributed by atoms with E-state index in [1.807, 2.05) is 18.2 Å². The number of carboxylic acids is 1. The summed E-state index contributed by atoms with van der Waals surface area (Å²) in [6.07, 6.45) is -0.0328. The Hall–Kier alpha value is -2.62. The first-order valence-electron chi connectivity index (χ1n) is 6.10. The molecular formula is C16H14O4. The van der Waals surface area contributed by atoms with Crippen molar-refractivity contribution in [2.45, 2.75) is 6.42 Å². The van der Waals surface area contributed by atoms with Crippen molar-refractivity contribution in [1.29, 1.82) is 0 Å². The maximum absolute atomic E-state index is 11.4. The molecule has 0 spiro atoms. The molecule has 0 amide bonds. The number of hydrogen-bond donors (Lipinski definition) is 1. The molecule has 0 fully saturated rings. The molecule has 0 aliphatic carbocycles. The van der Waals surface area contributed by atoms with Crippen molar-refractivity contribution in [3.63, 3.8) is 0 Å². The van der Waals surface area contributed by atoms with Crippen LogP contribution in [-0.4, -0.2) is 24.2 Å². The van der Waals surface area contributed by atoms with Crippen molar-refractivity contribution in [2.24, 2.45) is 0 Å². The molecule has 20 heavy (non-hydrogen) atoms. The number of benzene rings is 2. The van der Waals surface area contributed by atoms with Crippen molar-refractivity contribution in [3.05, 3.63) is 59.7 Å². The van der Waals surface area contributed by atoms with Gasteiger partial charge < -0.3 is 9.84 Å². The standard InChI is InChI=1S/C16H14O4/c1-20-16(19)12-8-6-11(7-9-12)14-5-3-2-4-13(14)10-15(17)18/h2-9H,10H2,1H3,(H,17,18).